The molecule has 6 heteroatoms. The molecule has 0 amide bonds. The number of hydrogen-bond donors (Lipinski definition) is 0. The highest BCUT2D eigenvalue weighted by Crippen LogP contribution is 2.47. The van der Waals surface area contributed by atoms with E-state index in [2.05, 4.69) is 25.9 Å². The lowest BCUT2D eigenvalue weighted by Gasteiger charge is -2.28. The second-order valence-electron chi connectivity index (χ2n) is 3.24. The van der Waals surface area contributed by atoms with E-state index >= 15 is 0 Å². The number of nitrogens with zero attached hydrogens (tertiary/aromatic N) is 2. The summed E-state index contributed by atoms with van der Waals surface area (Å²) >= 11 is 14.3. The summed E-state index contributed by atoms with van der Waals surface area (Å²) in [4.78, 5) is 7.89. The number of hydrogen-bond acceptors (Lipinski definition) is 2. The van der Waals surface area contributed by atoms with Crippen molar-refractivity contribution >= 4 is 50.9 Å². The van der Waals surface area contributed by atoms with E-state index in [0.29, 0.717) is 11.3 Å². The summed E-state index contributed by atoms with van der Waals surface area (Å²) in [6.45, 7) is 0. The summed E-state index contributed by atoms with van der Waals surface area (Å²) in [6.07, 6.45) is 4.23. The highest BCUT2D eigenvalue weighted by atomic mass is 79.9. The molecular formula is C10H6BrCl2FN2. The lowest BCUT2D eigenvalue weighted by Crippen LogP contribution is -2.35. The van der Waals surface area contributed by atoms with E-state index in [4.69, 9.17) is 23.2 Å². The van der Waals surface area contributed by atoms with Gasteiger partial charge in [0.2, 0.25) is 3.91 Å². The molecule has 2 nitrogen and oxygen atoms in total. The molecule has 0 bridgehead atoms. The average molecular weight is 324 g/mol. The Bertz CT molecular complexity index is 457. The van der Waals surface area contributed by atoms with Crippen LogP contribution in [0.4, 0.5) is 4.39 Å². The molecule has 0 saturated carbocycles. The molecule has 2 unspecified atom stereocenters. The molecular weight excluding hydrogens is 318 g/mol. The van der Waals surface area contributed by atoms with Crippen molar-refractivity contribution in [3.63, 3.8) is 0 Å². The number of pyridine rings is 1. The normalized spacial score (nSPS) is 33.6. The standard InChI is InChI=1S/C10H6BrCl2FN2/c11-10(13)9(12,14)5-7(6-16-10)8-3-1-2-4-15-8/h1-6H. The van der Waals surface area contributed by atoms with Gasteiger partial charge in [-0.15, -0.1) is 0 Å². The van der Waals surface area contributed by atoms with Crippen LogP contribution in [0.1, 0.15) is 5.69 Å². The van der Waals surface area contributed by atoms with Crippen LogP contribution >= 0.6 is 39.1 Å². The van der Waals surface area contributed by atoms with Gasteiger partial charge in [0.25, 0.3) is 5.13 Å². The third-order valence-corrected chi connectivity index (χ3v) is 3.93. The molecule has 1 aliphatic rings. The molecule has 1 aromatic rings. The molecule has 0 aliphatic carbocycles. The molecule has 84 valence electrons. The molecule has 2 heterocycles. The van der Waals surface area contributed by atoms with Crippen LogP contribution in [0.15, 0.2) is 35.5 Å². The van der Waals surface area contributed by atoms with Crippen molar-refractivity contribution in [2.24, 2.45) is 4.99 Å². The second kappa shape index (κ2) is 4.09. The van der Waals surface area contributed by atoms with Gasteiger partial charge in [-0.2, -0.15) is 0 Å². The molecule has 0 aromatic carbocycles. The van der Waals surface area contributed by atoms with Crippen LogP contribution in [0.2, 0.25) is 0 Å². The zero-order valence-corrected chi connectivity index (χ0v) is 11.0. The van der Waals surface area contributed by atoms with Gasteiger partial charge in [-0.05, 0) is 34.1 Å². The van der Waals surface area contributed by atoms with Gasteiger partial charge in [0.05, 0.1) is 5.69 Å². The van der Waals surface area contributed by atoms with Gasteiger partial charge in [-0.1, -0.05) is 29.3 Å². The van der Waals surface area contributed by atoms with E-state index < -0.39 is 9.04 Å². The lowest BCUT2D eigenvalue weighted by molar-refractivity contribution is 0.323. The Hall–Kier alpha value is -0.450. The van der Waals surface area contributed by atoms with Gasteiger partial charge in [0.15, 0.2) is 0 Å². The fraction of sp³-hybridized carbons (Fsp3) is 0.200. The molecule has 16 heavy (non-hydrogen) atoms. The summed E-state index contributed by atoms with van der Waals surface area (Å²) in [5, 5.41) is -2.30. The van der Waals surface area contributed by atoms with E-state index in [-0.39, 0.29) is 0 Å². The first-order valence-corrected chi connectivity index (χ1v) is 5.92. The van der Waals surface area contributed by atoms with Crippen LogP contribution in [0, 0.1) is 0 Å². The van der Waals surface area contributed by atoms with Crippen molar-refractivity contribution < 1.29 is 4.39 Å². The minimum absolute atomic E-state index is 0.494. The predicted octanol–water partition coefficient (Wildman–Crippen LogP) is 3.74. The summed E-state index contributed by atoms with van der Waals surface area (Å²) in [5.41, 5.74) is 1.09. The van der Waals surface area contributed by atoms with Gasteiger partial charge in [-0.25, -0.2) is 4.39 Å². The predicted molar refractivity (Wildman–Crippen MR) is 67.9 cm³/mol. The number of rotatable bonds is 1. The van der Waals surface area contributed by atoms with Crippen molar-refractivity contribution in [2.45, 2.75) is 9.04 Å². The van der Waals surface area contributed by atoms with Crippen LogP contribution < -0.4 is 0 Å². The molecule has 1 aliphatic heterocycles. The molecule has 1 aromatic heterocycles. The number of alkyl halides is 4. The molecule has 0 saturated heterocycles. The van der Waals surface area contributed by atoms with Crippen molar-refractivity contribution in [3.8, 4) is 0 Å². The average Bonchev–Trinajstić information content (AvgIpc) is 2.23. The van der Waals surface area contributed by atoms with E-state index in [1.807, 2.05) is 0 Å². The Morgan fingerprint density at radius 1 is 1.31 bits per heavy atom. The van der Waals surface area contributed by atoms with Gasteiger partial charge in [0, 0.05) is 18.0 Å². The number of aromatic nitrogens is 1. The van der Waals surface area contributed by atoms with Crippen molar-refractivity contribution in [3.05, 3.63) is 36.2 Å². The topological polar surface area (TPSA) is 25.2 Å². The monoisotopic (exact) mass is 322 g/mol. The lowest BCUT2D eigenvalue weighted by atomic mass is 10.1. The zero-order valence-electron chi connectivity index (χ0n) is 7.87. The van der Waals surface area contributed by atoms with Crippen molar-refractivity contribution in [1.82, 2.24) is 4.98 Å². The smallest absolute Gasteiger partial charge is 0.251 e. The summed E-state index contributed by atoms with van der Waals surface area (Å²) in [7, 11) is 0. The minimum atomic E-state index is -2.30. The minimum Gasteiger partial charge on any atom is -0.256 e. The van der Waals surface area contributed by atoms with Crippen LogP contribution in [0.3, 0.4) is 0 Å². The molecule has 0 fully saturated rings. The third-order valence-electron chi connectivity index (χ3n) is 2.06. The second-order valence-corrected chi connectivity index (χ2v) is 5.94. The first kappa shape index (κ1) is 12.0. The van der Waals surface area contributed by atoms with Crippen LogP contribution in [0.25, 0.3) is 5.57 Å². The Morgan fingerprint density at radius 3 is 2.62 bits per heavy atom. The maximum atomic E-state index is 14.0. The quantitative estimate of drug-likeness (QED) is 0.571. The maximum Gasteiger partial charge on any atom is 0.251 e. The maximum absolute atomic E-state index is 14.0. The van der Waals surface area contributed by atoms with Crippen molar-refractivity contribution in [2.75, 3.05) is 0 Å². The largest absolute Gasteiger partial charge is 0.256 e. The van der Waals surface area contributed by atoms with Gasteiger partial charge < -0.3 is 0 Å². The summed E-state index contributed by atoms with van der Waals surface area (Å²) in [5.74, 6) is 0. The molecule has 2 atom stereocenters. The molecule has 0 radical (unpaired) electrons. The first-order chi connectivity index (χ1) is 7.42. The van der Waals surface area contributed by atoms with Gasteiger partial charge in [-0.3, -0.25) is 9.98 Å². The Kier molecular flexibility index (Phi) is 3.07. The van der Waals surface area contributed by atoms with Gasteiger partial charge in [0.1, 0.15) is 0 Å². The van der Waals surface area contributed by atoms with Gasteiger partial charge >= 0.3 is 0 Å². The number of halogens is 4. The fourth-order valence-corrected chi connectivity index (χ4v) is 1.72. The van der Waals surface area contributed by atoms with Crippen LogP contribution in [-0.2, 0) is 0 Å². The van der Waals surface area contributed by atoms with E-state index in [1.54, 1.807) is 24.4 Å². The highest BCUT2D eigenvalue weighted by Gasteiger charge is 2.49. The molecule has 0 spiro atoms. The molecule has 2 rings (SSSR count). The SMILES string of the molecule is FC1(Cl)C=C(c2ccccn2)C=NC1(Cl)Br. The molecule has 0 N–H and O–H groups in total. The third kappa shape index (κ3) is 2.14. The number of dihydropyridines is 1. The van der Waals surface area contributed by atoms with Crippen molar-refractivity contribution in [1.29, 1.82) is 0 Å². The first-order valence-electron chi connectivity index (χ1n) is 4.37. The fourth-order valence-electron chi connectivity index (χ4n) is 1.23. The zero-order chi connectivity index (χ0) is 11.8. The Balaban J connectivity index is 2.41. The van der Waals surface area contributed by atoms with E-state index in [0.717, 1.165) is 0 Å². The number of aliphatic imine (C=N–C) groups is 1. The van der Waals surface area contributed by atoms with Crippen LogP contribution in [0.5, 0.6) is 0 Å². The van der Waals surface area contributed by atoms with E-state index in [9.17, 15) is 4.39 Å². The highest BCUT2D eigenvalue weighted by molar-refractivity contribution is 9.10. The Labute approximate surface area is 110 Å². The van der Waals surface area contributed by atoms with E-state index in [1.165, 1.54) is 12.3 Å². The van der Waals surface area contributed by atoms with Crippen LogP contribution in [-0.4, -0.2) is 20.2 Å². The summed E-state index contributed by atoms with van der Waals surface area (Å²) in [6, 6.07) is 5.30. The number of allylic oxidation sites excluding steroid dienone is 1. The Morgan fingerprint density at radius 2 is 2.06 bits per heavy atom. The summed E-state index contributed by atoms with van der Waals surface area (Å²) < 4.78 is 12.3.